The van der Waals surface area contributed by atoms with E-state index in [9.17, 15) is 0 Å². The molecule has 0 unspecified atom stereocenters. The maximum absolute atomic E-state index is 5.88. The van der Waals surface area contributed by atoms with Crippen LogP contribution in [0.4, 0.5) is 0 Å². The molecule has 2 fully saturated rings. The first-order valence-corrected chi connectivity index (χ1v) is 4.90. The summed E-state index contributed by atoms with van der Waals surface area (Å²) in [5.74, 6) is 0.660. The van der Waals surface area contributed by atoms with Gasteiger partial charge in [-0.2, -0.15) is 0 Å². The van der Waals surface area contributed by atoms with E-state index in [4.69, 9.17) is 9.47 Å². The first-order valence-electron chi connectivity index (χ1n) is 4.90. The lowest BCUT2D eigenvalue weighted by Crippen LogP contribution is -2.58. The standard InChI is InChI=1S/C10H18O2/c1-4-11-10-6-5-8(10)7-12-9(10,2)3/h8H,4-7H2,1-3H3/t8-,10+/m1/s1. The van der Waals surface area contributed by atoms with Crippen molar-refractivity contribution in [2.45, 2.75) is 44.8 Å². The predicted molar refractivity (Wildman–Crippen MR) is 47.1 cm³/mol. The molecular formula is C10H18O2. The van der Waals surface area contributed by atoms with Gasteiger partial charge in [-0.25, -0.2) is 0 Å². The molecule has 2 heteroatoms. The third-order valence-corrected chi connectivity index (χ3v) is 3.59. The lowest BCUT2D eigenvalue weighted by atomic mass is 9.64. The number of rotatable bonds is 2. The minimum Gasteiger partial charge on any atom is -0.372 e. The SMILES string of the molecule is CCO[C@@]12CC[C@@H]1COC2(C)C. The van der Waals surface area contributed by atoms with Crippen LogP contribution in [-0.4, -0.2) is 24.4 Å². The summed E-state index contributed by atoms with van der Waals surface area (Å²) in [7, 11) is 0. The summed E-state index contributed by atoms with van der Waals surface area (Å²) in [4.78, 5) is 0. The molecule has 0 N–H and O–H groups in total. The lowest BCUT2D eigenvalue weighted by molar-refractivity contribution is -0.182. The van der Waals surface area contributed by atoms with Gasteiger partial charge in [0.2, 0.25) is 0 Å². The highest BCUT2D eigenvalue weighted by Crippen LogP contribution is 2.55. The Morgan fingerprint density at radius 1 is 1.50 bits per heavy atom. The summed E-state index contributed by atoms with van der Waals surface area (Å²) in [5.41, 5.74) is -0.00627. The Labute approximate surface area is 74.2 Å². The molecule has 0 spiro atoms. The maximum atomic E-state index is 5.88. The van der Waals surface area contributed by atoms with Crippen LogP contribution in [0.5, 0.6) is 0 Å². The average molecular weight is 170 g/mol. The Morgan fingerprint density at radius 2 is 2.25 bits per heavy atom. The first-order chi connectivity index (χ1) is 5.62. The second kappa shape index (κ2) is 2.46. The third-order valence-electron chi connectivity index (χ3n) is 3.59. The van der Waals surface area contributed by atoms with Gasteiger partial charge in [-0.05, 0) is 33.6 Å². The molecule has 0 aromatic rings. The fourth-order valence-electron chi connectivity index (χ4n) is 2.67. The Bertz CT molecular complexity index is 188. The van der Waals surface area contributed by atoms with E-state index in [0.717, 1.165) is 13.2 Å². The smallest absolute Gasteiger partial charge is 0.101 e. The summed E-state index contributed by atoms with van der Waals surface area (Å²) >= 11 is 0. The largest absolute Gasteiger partial charge is 0.372 e. The molecule has 0 aromatic heterocycles. The second-order valence-electron chi connectivity index (χ2n) is 4.38. The minimum absolute atomic E-state index is 0.0573. The van der Waals surface area contributed by atoms with Crippen LogP contribution in [-0.2, 0) is 9.47 Å². The molecule has 70 valence electrons. The average Bonchev–Trinajstić information content (AvgIpc) is 2.10. The topological polar surface area (TPSA) is 18.5 Å². The molecule has 12 heavy (non-hydrogen) atoms. The van der Waals surface area contributed by atoms with Crippen LogP contribution in [0.2, 0.25) is 0 Å². The zero-order valence-corrected chi connectivity index (χ0v) is 8.22. The molecule has 2 rings (SSSR count). The quantitative estimate of drug-likeness (QED) is 0.631. The van der Waals surface area contributed by atoms with Gasteiger partial charge in [-0.1, -0.05) is 0 Å². The number of hydrogen-bond acceptors (Lipinski definition) is 2. The Kier molecular flexibility index (Phi) is 1.74. The summed E-state index contributed by atoms with van der Waals surface area (Å²) < 4.78 is 11.6. The fourth-order valence-corrected chi connectivity index (χ4v) is 2.67. The number of hydrogen-bond donors (Lipinski definition) is 0. The van der Waals surface area contributed by atoms with Crippen LogP contribution < -0.4 is 0 Å². The molecule has 1 heterocycles. The van der Waals surface area contributed by atoms with Crippen LogP contribution in [0.3, 0.4) is 0 Å². The van der Waals surface area contributed by atoms with E-state index in [0.29, 0.717) is 5.92 Å². The molecule has 0 bridgehead atoms. The minimum atomic E-state index is -0.0636. The van der Waals surface area contributed by atoms with E-state index in [2.05, 4.69) is 20.8 Å². The van der Waals surface area contributed by atoms with Crippen LogP contribution in [0.25, 0.3) is 0 Å². The summed E-state index contributed by atoms with van der Waals surface area (Å²) in [6.07, 6.45) is 2.46. The highest BCUT2D eigenvalue weighted by Gasteiger charge is 2.62. The first kappa shape index (κ1) is 8.52. The predicted octanol–water partition coefficient (Wildman–Crippen LogP) is 1.98. The van der Waals surface area contributed by atoms with Gasteiger partial charge in [0.25, 0.3) is 0 Å². The summed E-state index contributed by atoms with van der Waals surface area (Å²) in [6.45, 7) is 8.08. The van der Waals surface area contributed by atoms with Crippen molar-refractivity contribution in [3.05, 3.63) is 0 Å². The van der Waals surface area contributed by atoms with E-state index >= 15 is 0 Å². The summed E-state index contributed by atoms with van der Waals surface area (Å²) in [6, 6.07) is 0. The zero-order valence-electron chi connectivity index (χ0n) is 8.22. The van der Waals surface area contributed by atoms with E-state index < -0.39 is 0 Å². The van der Waals surface area contributed by atoms with Gasteiger partial charge in [0.1, 0.15) is 5.60 Å². The number of fused-ring (bicyclic) bond motifs is 1. The van der Waals surface area contributed by atoms with Crippen LogP contribution in [0, 0.1) is 5.92 Å². The van der Waals surface area contributed by atoms with Crippen molar-refractivity contribution >= 4 is 0 Å². The Morgan fingerprint density at radius 3 is 2.67 bits per heavy atom. The van der Waals surface area contributed by atoms with Gasteiger partial charge in [-0.3, -0.25) is 0 Å². The van der Waals surface area contributed by atoms with Crippen LogP contribution >= 0.6 is 0 Å². The van der Waals surface area contributed by atoms with Crippen LogP contribution in [0.15, 0.2) is 0 Å². The second-order valence-corrected chi connectivity index (χ2v) is 4.38. The number of ether oxygens (including phenoxy) is 2. The highest BCUT2D eigenvalue weighted by atomic mass is 16.6. The van der Waals surface area contributed by atoms with Gasteiger partial charge in [0.05, 0.1) is 12.2 Å². The maximum Gasteiger partial charge on any atom is 0.101 e. The normalized spacial score (nSPS) is 43.8. The van der Waals surface area contributed by atoms with Gasteiger partial charge in [-0.15, -0.1) is 0 Å². The molecular weight excluding hydrogens is 152 g/mol. The van der Waals surface area contributed by atoms with Gasteiger partial charge >= 0.3 is 0 Å². The fraction of sp³-hybridized carbons (Fsp3) is 1.00. The van der Waals surface area contributed by atoms with Crippen molar-refractivity contribution in [1.82, 2.24) is 0 Å². The molecule has 0 amide bonds. The highest BCUT2D eigenvalue weighted by molar-refractivity contribution is 5.12. The van der Waals surface area contributed by atoms with E-state index in [-0.39, 0.29) is 11.2 Å². The van der Waals surface area contributed by atoms with Gasteiger partial charge in [0.15, 0.2) is 0 Å². The Hall–Kier alpha value is -0.0800. The molecule has 2 aliphatic rings. The van der Waals surface area contributed by atoms with Crippen LogP contribution in [0.1, 0.15) is 33.6 Å². The van der Waals surface area contributed by atoms with E-state index in [1.807, 2.05) is 0 Å². The molecule has 2 nitrogen and oxygen atoms in total. The Balaban J connectivity index is 2.19. The third kappa shape index (κ3) is 0.826. The van der Waals surface area contributed by atoms with Crippen molar-refractivity contribution < 1.29 is 9.47 Å². The molecule has 1 aliphatic heterocycles. The van der Waals surface area contributed by atoms with Gasteiger partial charge in [0, 0.05) is 12.5 Å². The molecule has 1 saturated heterocycles. The van der Waals surface area contributed by atoms with Crippen molar-refractivity contribution in [3.8, 4) is 0 Å². The van der Waals surface area contributed by atoms with Gasteiger partial charge < -0.3 is 9.47 Å². The zero-order chi connectivity index (χ0) is 8.82. The van der Waals surface area contributed by atoms with Crippen molar-refractivity contribution in [1.29, 1.82) is 0 Å². The summed E-state index contributed by atoms with van der Waals surface area (Å²) in [5, 5.41) is 0. The van der Waals surface area contributed by atoms with E-state index in [1.165, 1.54) is 12.8 Å². The molecule has 1 aliphatic carbocycles. The van der Waals surface area contributed by atoms with E-state index in [1.54, 1.807) is 0 Å². The molecule has 2 atom stereocenters. The monoisotopic (exact) mass is 170 g/mol. The lowest BCUT2D eigenvalue weighted by Gasteiger charge is -2.50. The van der Waals surface area contributed by atoms with Crippen molar-refractivity contribution in [2.75, 3.05) is 13.2 Å². The van der Waals surface area contributed by atoms with Crippen molar-refractivity contribution in [2.24, 2.45) is 5.92 Å². The molecule has 0 aromatic carbocycles. The molecule has 0 radical (unpaired) electrons. The van der Waals surface area contributed by atoms with Crippen molar-refractivity contribution in [3.63, 3.8) is 0 Å². The molecule has 1 saturated carbocycles.